The molecule has 1 aliphatic rings. The quantitative estimate of drug-likeness (QED) is 0.458. The molecule has 0 amide bonds. The van der Waals surface area contributed by atoms with Crippen LogP contribution in [0.1, 0.15) is 17.4 Å². The van der Waals surface area contributed by atoms with Crippen molar-refractivity contribution in [1.82, 2.24) is 0 Å². The van der Waals surface area contributed by atoms with E-state index in [0.29, 0.717) is 16.8 Å². The van der Waals surface area contributed by atoms with Crippen molar-refractivity contribution in [2.45, 2.75) is 30.7 Å². The highest BCUT2D eigenvalue weighted by Gasteiger charge is 2.42. The van der Waals surface area contributed by atoms with E-state index in [1.807, 2.05) is 0 Å². The normalized spacial score (nSPS) is 26.4. The van der Waals surface area contributed by atoms with Crippen LogP contribution in [0.25, 0.3) is 0 Å². The Bertz CT molecular complexity index is 795. The van der Waals surface area contributed by atoms with Gasteiger partial charge in [-0.25, -0.2) is 0 Å². The lowest BCUT2D eigenvalue weighted by molar-refractivity contribution is -0.310. The van der Waals surface area contributed by atoms with E-state index in [-0.39, 0.29) is 5.75 Å². The van der Waals surface area contributed by atoms with Crippen LogP contribution in [0, 0.1) is 0 Å². The summed E-state index contributed by atoms with van der Waals surface area (Å²) in [7, 11) is 0. The van der Waals surface area contributed by atoms with Gasteiger partial charge in [0.05, 0.1) is 18.9 Å². The molecule has 0 bridgehead atoms. The number of aliphatic hydroxyl groups excluding tert-OH is 4. The fraction of sp³-hybridized carbons (Fsp3) is 0.350. The number of nitrogens with zero attached hydrogens (tertiary/aromatic N) is 1. The number of rotatable bonds is 6. The fourth-order valence-corrected chi connectivity index (χ4v) is 2.89. The van der Waals surface area contributed by atoms with Crippen molar-refractivity contribution in [1.29, 1.82) is 0 Å². The van der Waals surface area contributed by atoms with Crippen molar-refractivity contribution < 1.29 is 35.0 Å². The number of phenols is 1. The maximum Gasteiger partial charge on any atom is 0.184 e. The Morgan fingerprint density at radius 1 is 1.04 bits per heavy atom. The molecular formula is C20H23NO7. The molecule has 1 heterocycles. The molecule has 1 aliphatic heterocycles. The molecule has 150 valence electrons. The summed E-state index contributed by atoms with van der Waals surface area (Å²) in [5.41, 5.74) is 1.82. The average molecular weight is 389 g/mol. The number of hydrogen-bond acceptors (Lipinski definition) is 8. The summed E-state index contributed by atoms with van der Waals surface area (Å²) in [4.78, 5) is 4.30. The summed E-state index contributed by atoms with van der Waals surface area (Å²) in [6.07, 6.45) is -4.01. The third kappa shape index (κ3) is 4.56. The van der Waals surface area contributed by atoms with E-state index in [9.17, 15) is 20.4 Å². The number of benzene rings is 2. The van der Waals surface area contributed by atoms with Crippen LogP contribution in [0.2, 0.25) is 0 Å². The highest BCUT2D eigenvalue weighted by atomic mass is 16.7. The first-order valence-corrected chi connectivity index (χ1v) is 8.84. The molecule has 1 saturated heterocycles. The lowest BCUT2D eigenvalue weighted by atomic mass is 10.0. The Balaban J connectivity index is 1.74. The van der Waals surface area contributed by atoms with Crippen LogP contribution < -0.4 is 0 Å². The zero-order chi connectivity index (χ0) is 20.1. The Kier molecular flexibility index (Phi) is 6.74. The molecule has 2 aromatic carbocycles. The van der Waals surface area contributed by atoms with E-state index in [4.69, 9.17) is 14.6 Å². The van der Waals surface area contributed by atoms with E-state index in [1.54, 1.807) is 54.7 Å². The monoisotopic (exact) mass is 389 g/mol. The van der Waals surface area contributed by atoms with Gasteiger partial charge in [-0.1, -0.05) is 24.3 Å². The molecule has 2 aromatic rings. The predicted molar refractivity (Wildman–Crippen MR) is 100 cm³/mol. The van der Waals surface area contributed by atoms with Gasteiger partial charge < -0.3 is 35.0 Å². The summed E-state index contributed by atoms with van der Waals surface area (Å²) in [6.45, 7) is -1.05. The van der Waals surface area contributed by atoms with Crippen molar-refractivity contribution in [2.24, 2.45) is 4.99 Å². The van der Waals surface area contributed by atoms with Crippen LogP contribution in [-0.4, -0.2) is 69.4 Å². The highest BCUT2D eigenvalue weighted by Crippen LogP contribution is 2.32. The SMILES string of the molecule is OC[C@@H](O)[C@H]1OC(c2ccc(N=Cc3ccccc3O)cc2)O[C@@H](CO)[C@H]1O. The summed E-state index contributed by atoms with van der Waals surface area (Å²) in [5, 5.41) is 48.3. The lowest BCUT2D eigenvalue weighted by Gasteiger charge is -2.40. The minimum absolute atomic E-state index is 0.133. The van der Waals surface area contributed by atoms with Crippen LogP contribution in [0.15, 0.2) is 53.5 Å². The lowest BCUT2D eigenvalue weighted by Crippen LogP contribution is -2.54. The molecule has 28 heavy (non-hydrogen) atoms. The Morgan fingerprint density at radius 3 is 2.39 bits per heavy atom. The first-order chi connectivity index (χ1) is 13.5. The molecule has 5 atom stereocenters. The van der Waals surface area contributed by atoms with Crippen LogP contribution in [0.5, 0.6) is 5.75 Å². The van der Waals surface area contributed by atoms with Crippen molar-refractivity contribution in [3.8, 4) is 5.75 Å². The van der Waals surface area contributed by atoms with Gasteiger partial charge in [-0.2, -0.15) is 0 Å². The van der Waals surface area contributed by atoms with Gasteiger partial charge in [0.25, 0.3) is 0 Å². The number of phenolic OH excluding ortho intramolecular Hbond substituents is 1. The summed E-state index contributed by atoms with van der Waals surface area (Å²) in [6, 6.07) is 13.7. The third-order valence-electron chi connectivity index (χ3n) is 4.50. The summed E-state index contributed by atoms with van der Waals surface area (Å²) < 4.78 is 11.1. The van der Waals surface area contributed by atoms with Gasteiger partial charge in [-0.05, 0) is 24.3 Å². The smallest absolute Gasteiger partial charge is 0.184 e. The number of hydrogen-bond donors (Lipinski definition) is 5. The third-order valence-corrected chi connectivity index (χ3v) is 4.50. The average Bonchev–Trinajstić information content (AvgIpc) is 2.73. The summed E-state index contributed by atoms with van der Waals surface area (Å²) in [5.74, 6) is 0.133. The molecular weight excluding hydrogens is 366 g/mol. The topological polar surface area (TPSA) is 132 Å². The van der Waals surface area contributed by atoms with E-state index >= 15 is 0 Å². The largest absolute Gasteiger partial charge is 0.507 e. The second kappa shape index (κ2) is 9.24. The zero-order valence-electron chi connectivity index (χ0n) is 15.0. The first-order valence-electron chi connectivity index (χ1n) is 8.84. The molecule has 1 fully saturated rings. The van der Waals surface area contributed by atoms with Gasteiger partial charge in [-0.15, -0.1) is 0 Å². The van der Waals surface area contributed by atoms with Crippen molar-refractivity contribution in [2.75, 3.05) is 13.2 Å². The van der Waals surface area contributed by atoms with Gasteiger partial charge in [0.15, 0.2) is 6.29 Å². The number of ether oxygens (including phenoxy) is 2. The zero-order valence-corrected chi connectivity index (χ0v) is 15.0. The van der Waals surface area contributed by atoms with Crippen molar-refractivity contribution in [3.63, 3.8) is 0 Å². The van der Waals surface area contributed by atoms with E-state index < -0.39 is 43.9 Å². The van der Waals surface area contributed by atoms with Gasteiger partial charge in [0.1, 0.15) is 30.2 Å². The van der Waals surface area contributed by atoms with Gasteiger partial charge in [0.2, 0.25) is 0 Å². The van der Waals surface area contributed by atoms with Crippen molar-refractivity contribution >= 4 is 11.9 Å². The molecule has 0 radical (unpaired) electrons. The predicted octanol–water partition coefficient (Wildman–Crippen LogP) is 0.632. The van der Waals surface area contributed by atoms with Crippen LogP contribution in [0.4, 0.5) is 5.69 Å². The molecule has 8 heteroatoms. The second-order valence-electron chi connectivity index (χ2n) is 6.44. The first kappa shape index (κ1) is 20.4. The Labute approximate surface area is 161 Å². The van der Waals surface area contributed by atoms with Crippen LogP contribution >= 0.6 is 0 Å². The Morgan fingerprint density at radius 2 is 1.75 bits per heavy atom. The number of aliphatic hydroxyl groups is 4. The number of para-hydroxylation sites is 1. The molecule has 0 saturated carbocycles. The van der Waals surface area contributed by atoms with E-state index in [0.717, 1.165) is 0 Å². The molecule has 0 spiro atoms. The molecule has 1 unspecified atom stereocenters. The van der Waals surface area contributed by atoms with Gasteiger partial charge in [0, 0.05) is 17.3 Å². The molecule has 3 rings (SSSR count). The van der Waals surface area contributed by atoms with Gasteiger partial charge in [-0.3, -0.25) is 4.99 Å². The fourth-order valence-electron chi connectivity index (χ4n) is 2.89. The van der Waals surface area contributed by atoms with E-state index in [2.05, 4.69) is 4.99 Å². The maximum absolute atomic E-state index is 10.1. The standard InChI is InChI=1S/C20H23NO7/c22-10-16(25)19-18(26)17(11-23)27-20(28-19)12-5-7-14(8-6-12)21-9-13-3-1-2-4-15(13)24/h1-9,16-20,22-26H,10-11H2/t16-,17+,18-,19-,20?/m1/s1. The number of aromatic hydroxyl groups is 1. The highest BCUT2D eigenvalue weighted by molar-refractivity contribution is 5.85. The number of aliphatic imine (C=N–C) groups is 1. The van der Waals surface area contributed by atoms with Crippen LogP contribution in [0.3, 0.4) is 0 Å². The van der Waals surface area contributed by atoms with Crippen LogP contribution in [-0.2, 0) is 9.47 Å². The minimum atomic E-state index is -1.31. The molecule has 0 aromatic heterocycles. The van der Waals surface area contributed by atoms with E-state index in [1.165, 1.54) is 0 Å². The minimum Gasteiger partial charge on any atom is -0.507 e. The van der Waals surface area contributed by atoms with Crippen molar-refractivity contribution in [3.05, 3.63) is 59.7 Å². The molecule has 5 N–H and O–H groups in total. The second-order valence-corrected chi connectivity index (χ2v) is 6.44. The van der Waals surface area contributed by atoms with Gasteiger partial charge >= 0.3 is 0 Å². The maximum atomic E-state index is 10.1. The Hall–Kier alpha value is -2.33. The summed E-state index contributed by atoms with van der Waals surface area (Å²) >= 11 is 0. The molecule has 8 nitrogen and oxygen atoms in total. The molecule has 0 aliphatic carbocycles.